The largest absolute Gasteiger partial charge is 0.478 e. The zero-order valence-electron chi connectivity index (χ0n) is 22.1. The molecule has 1 N–H and O–H groups in total. The molecule has 2 aliphatic rings. The van der Waals surface area contributed by atoms with Crippen LogP contribution in [0.15, 0.2) is 67.1 Å². The number of hydrogen-bond donors (Lipinski definition) is 1. The first-order chi connectivity index (χ1) is 18.8. The Bertz CT molecular complexity index is 1740. The molecule has 3 aromatic heterocycles. The molecule has 2 atom stereocenters. The molecule has 3 heterocycles. The Balaban J connectivity index is 1.26. The van der Waals surface area contributed by atoms with E-state index in [0.29, 0.717) is 5.69 Å². The number of fused-ring (bicyclic) bond motifs is 1. The molecule has 5 aromatic rings. The highest BCUT2D eigenvalue weighted by Crippen LogP contribution is 2.55. The lowest BCUT2D eigenvalue weighted by atomic mass is 9.90. The van der Waals surface area contributed by atoms with Crippen molar-refractivity contribution >= 4 is 5.97 Å². The van der Waals surface area contributed by atoms with Gasteiger partial charge in [0.05, 0.1) is 40.9 Å². The van der Waals surface area contributed by atoms with Crippen molar-refractivity contribution in [2.24, 2.45) is 7.05 Å². The first kappa shape index (κ1) is 23.6. The Morgan fingerprint density at radius 2 is 1.67 bits per heavy atom. The lowest BCUT2D eigenvalue weighted by molar-refractivity contribution is 0.0695. The molecule has 1 fully saturated rings. The topological polar surface area (TPSA) is 104 Å². The highest BCUT2D eigenvalue weighted by molar-refractivity contribution is 5.89. The molecule has 0 bridgehead atoms. The zero-order valence-corrected chi connectivity index (χ0v) is 22.1. The maximum atomic E-state index is 12.1. The van der Waals surface area contributed by atoms with E-state index < -0.39 is 5.97 Å². The number of aromatic nitrogens is 7. The van der Waals surface area contributed by atoms with Crippen LogP contribution in [0.3, 0.4) is 0 Å². The number of carboxylic acid groups (broad SMARTS) is 1. The van der Waals surface area contributed by atoms with Gasteiger partial charge in [-0.1, -0.05) is 43.3 Å². The molecule has 196 valence electrons. The van der Waals surface area contributed by atoms with Gasteiger partial charge in [-0.25, -0.2) is 14.2 Å². The summed E-state index contributed by atoms with van der Waals surface area (Å²) in [7, 11) is 1.84. The molecule has 7 rings (SSSR count). The second kappa shape index (κ2) is 8.49. The van der Waals surface area contributed by atoms with Gasteiger partial charge in [-0.15, -0.1) is 5.10 Å². The normalized spacial score (nSPS) is 19.3. The summed E-state index contributed by atoms with van der Waals surface area (Å²) in [4.78, 5) is 12.1. The maximum absolute atomic E-state index is 12.1. The fraction of sp³-hybridized carbons (Fsp3) is 0.300. The SMILES string of the molecule is Cn1cc([C@H]2C[C@@H]2c2c(C(=O)O)cnn2-c2cccc(-c3cccc(-n4ncc5c4C(C)(C)CC5)c3)c2)nn1. The monoisotopic (exact) mass is 519 g/mol. The number of benzene rings is 2. The van der Waals surface area contributed by atoms with Gasteiger partial charge < -0.3 is 5.11 Å². The number of carbonyl (C=O) groups is 1. The summed E-state index contributed by atoms with van der Waals surface area (Å²) in [5, 5.41) is 27.5. The summed E-state index contributed by atoms with van der Waals surface area (Å²) in [6.45, 7) is 4.57. The standard InChI is InChI=1S/C30H29N7O2/c1-30(2)11-10-20-15-31-37(28(20)30)22-9-5-7-19(13-22)18-6-4-8-21(12-18)36-27(25(16-32-36)29(38)39)24-14-23(24)26-17-35(3)34-33-26/h4-9,12-13,15-17,23-24H,10-11,14H2,1-3H3,(H,38,39)/t23-,24-/m0/s1. The summed E-state index contributed by atoms with van der Waals surface area (Å²) in [5.74, 6) is -0.820. The van der Waals surface area contributed by atoms with Crippen molar-refractivity contribution in [1.82, 2.24) is 34.6 Å². The quantitative estimate of drug-likeness (QED) is 0.337. The highest BCUT2D eigenvalue weighted by atomic mass is 16.4. The summed E-state index contributed by atoms with van der Waals surface area (Å²) >= 11 is 0. The van der Waals surface area contributed by atoms with Crippen LogP contribution in [-0.2, 0) is 18.9 Å². The smallest absolute Gasteiger partial charge is 0.339 e. The minimum absolute atomic E-state index is 0.0209. The summed E-state index contributed by atoms with van der Waals surface area (Å²) < 4.78 is 5.54. The van der Waals surface area contributed by atoms with Gasteiger partial charge in [-0.3, -0.25) is 4.68 Å². The predicted molar refractivity (Wildman–Crippen MR) is 146 cm³/mol. The third-order valence-electron chi connectivity index (χ3n) is 8.20. The Morgan fingerprint density at radius 1 is 0.974 bits per heavy atom. The van der Waals surface area contributed by atoms with Crippen LogP contribution in [0.2, 0.25) is 0 Å². The number of rotatable bonds is 6. The number of carboxylic acids is 1. The van der Waals surface area contributed by atoms with Crippen LogP contribution in [0.5, 0.6) is 0 Å². The van der Waals surface area contributed by atoms with Gasteiger partial charge in [0, 0.05) is 30.5 Å². The van der Waals surface area contributed by atoms with Crippen LogP contribution in [0, 0.1) is 0 Å². The predicted octanol–water partition coefficient (Wildman–Crippen LogP) is 5.05. The van der Waals surface area contributed by atoms with Crippen molar-refractivity contribution in [3.05, 3.63) is 95.3 Å². The highest BCUT2D eigenvalue weighted by Gasteiger charge is 2.46. The molecule has 0 saturated heterocycles. The van der Waals surface area contributed by atoms with Gasteiger partial charge in [-0.05, 0) is 60.2 Å². The van der Waals surface area contributed by atoms with Crippen LogP contribution in [0.4, 0.5) is 0 Å². The molecule has 0 unspecified atom stereocenters. The van der Waals surface area contributed by atoms with Crippen molar-refractivity contribution in [2.75, 3.05) is 0 Å². The average molecular weight is 520 g/mol. The van der Waals surface area contributed by atoms with Crippen LogP contribution >= 0.6 is 0 Å². The third kappa shape index (κ3) is 3.88. The van der Waals surface area contributed by atoms with Crippen molar-refractivity contribution in [3.63, 3.8) is 0 Å². The minimum Gasteiger partial charge on any atom is -0.478 e. The van der Waals surface area contributed by atoms with Crippen molar-refractivity contribution in [2.45, 2.75) is 50.4 Å². The van der Waals surface area contributed by atoms with Crippen molar-refractivity contribution < 1.29 is 9.90 Å². The fourth-order valence-electron chi connectivity index (χ4n) is 6.13. The molecule has 2 aromatic carbocycles. The van der Waals surface area contributed by atoms with Crippen LogP contribution in [-0.4, -0.2) is 45.6 Å². The van der Waals surface area contributed by atoms with Crippen molar-refractivity contribution in [1.29, 1.82) is 0 Å². The van der Waals surface area contributed by atoms with E-state index in [9.17, 15) is 9.90 Å². The van der Waals surface area contributed by atoms with Gasteiger partial charge in [-0.2, -0.15) is 10.2 Å². The molecule has 9 heteroatoms. The molecule has 2 aliphatic carbocycles. The second-order valence-electron chi connectivity index (χ2n) is 11.3. The summed E-state index contributed by atoms with van der Waals surface area (Å²) in [6, 6.07) is 16.5. The van der Waals surface area contributed by atoms with E-state index in [1.54, 1.807) is 9.36 Å². The Kier molecular flexibility index (Phi) is 5.13. The van der Waals surface area contributed by atoms with E-state index >= 15 is 0 Å². The molecule has 0 aliphatic heterocycles. The van der Waals surface area contributed by atoms with Gasteiger partial charge in [0.2, 0.25) is 0 Å². The summed E-state index contributed by atoms with van der Waals surface area (Å²) in [5.41, 5.74) is 8.47. The third-order valence-corrected chi connectivity index (χ3v) is 8.20. The molecule has 0 radical (unpaired) electrons. The number of nitrogens with zero attached hydrogens (tertiary/aromatic N) is 7. The zero-order chi connectivity index (χ0) is 26.9. The molecule has 0 amide bonds. The minimum atomic E-state index is -0.973. The molecule has 9 nitrogen and oxygen atoms in total. The van der Waals surface area contributed by atoms with Gasteiger partial charge >= 0.3 is 5.97 Å². The van der Waals surface area contributed by atoms with Gasteiger partial charge in [0.1, 0.15) is 5.56 Å². The molecule has 1 saturated carbocycles. The average Bonchev–Trinajstić information content (AvgIpc) is 3.30. The first-order valence-electron chi connectivity index (χ1n) is 13.3. The first-order valence-corrected chi connectivity index (χ1v) is 13.3. The van der Waals surface area contributed by atoms with Crippen LogP contribution in [0.25, 0.3) is 22.5 Å². The maximum Gasteiger partial charge on any atom is 0.339 e. The Labute approximate surface area is 225 Å². The van der Waals surface area contributed by atoms with Gasteiger partial charge in [0.25, 0.3) is 0 Å². The lowest BCUT2D eigenvalue weighted by Crippen LogP contribution is -2.18. The van der Waals surface area contributed by atoms with E-state index in [1.165, 1.54) is 17.5 Å². The van der Waals surface area contributed by atoms with E-state index in [1.807, 2.05) is 31.6 Å². The number of aromatic carboxylic acids is 1. The number of aryl methyl sites for hydroxylation is 2. The molecular weight excluding hydrogens is 490 g/mol. The van der Waals surface area contributed by atoms with E-state index in [0.717, 1.165) is 47.5 Å². The molecule has 39 heavy (non-hydrogen) atoms. The number of hydrogen-bond acceptors (Lipinski definition) is 5. The molecular formula is C30H29N7O2. The molecule has 0 spiro atoms. The van der Waals surface area contributed by atoms with E-state index in [-0.39, 0.29) is 22.8 Å². The van der Waals surface area contributed by atoms with Crippen LogP contribution in [0.1, 0.15) is 71.5 Å². The summed E-state index contributed by atoms with van der Waals surface area (Å²) in [6.07, 6.45) is 8.37. The second-order valence-corrected chi connectivity index (χ2v) is 11.3. The van der Waals surface area contributed by atoms with E-state index in [4.69, 9.17) is 5.10 Å². The Morgan fingerprint density at radius 3 is 2.33 bits per heavy atom. The van der Waals surface area contributed by atoms with E-state index in [2.05, 4.69) is 70.3 Å². The fourth-order valence-corrected chi connectivity index (χ4v) is 6.13. The Hall–Kier alpha value is -4.53. The van der Waals surface area contributed by atoms with Crippen molar-refractivity contribution in [3.8, 4) is 22.5 Å². The van der Waals surface area contributed by atoms with Gasteiger partial charge in [0.15, 0.2) is 0 Å². The lowest BCUT2D eigenvalue weighted by Gasteiger charge is -2.21. The van der Waals surface area contributed by atoms with Crippen LogP contribution < -0.4 is 0 Å².